The van der Waals surface area contributed by atoms with Gasteiger partial charge in [-0.05, 0) is 236 Å². The van der Waals surface area contributed by atoms with Crippen LogP contribution in [0.4, 0.5) is 9.59 Å². The molecule has 5 amide bonds. The molecule has 1 aliphatic rings. The molecule has 0 unspecified atom stereocenters. The summed E-state index contributed by atoms with van der Waals surface area (Å²) in [5.74, 6) is -0.0808. The molecular weight excluding hydrogens is 1760 g/mol. The summed E-state index contributed by atoms with van der Waals surface area (Å²) in [6.07, 6.45) is 31.2. The lowest BCUT2D eigenvalue weighted by Gasteiger charge is -2.43. The van der Waals surface area contributed by atoms with Crippen molar-refractivity contribution in [2.24, 2.45) is 26.7 Å². The van der Waals surface area contributed by atoms with E-state index in [1.807, 2.05) is 0 Å². The third kappa shape index (κ3) is 48.3. The largest absolute Gasteiger partial charge is 0.447 e. The zero-order valence-corrected chi connectivity index (χ0v) is 99.1. The molecule has 1 N–H and O–H groups in total. The normalized spacial score (nSPS) is 13.3. The van der Waals surface area contributed by atoms with E-state index < -0.39 is 21.6 Å². The molecule has 1 fully saturated rings. The number of hydrogen-bond donors (Lipinski definition) is 1. The van der Waals surface area contributed by atoms with Gasteiger partial charge in [0.25, 0.3) is 0 Å². The van der Waals surface area contributed by atoms with Gasteiger partial charge in [-0.3, -0.25) is 0 Å². The molecule has 804 valence electrons. The van der Waals surface area contributed by atoms with Gasteiger partial charge in [-0.25, -0.2) is 42.5 Å². The van der Waals surface area contributed by atoms with E-state index in [-0.39, 0.29) is 74.9 Å². The van der Waals surface area contributed by atoms with Crippen molar-refractivity contribution in [3.8, 4) is 0 Å². The van der Waals surface area contributed by atoms with E-state index in [4.69, 9.17) is 0 Å². The van der Waals surface area contributed by atoms with Gasteiger partial charge in [-0.2, -0.15) is 4.90 Å². The summed E-state index contributed by atoms with van der Waals surface area (Å²) >= 11 is 0. The number of aliphatic imine (C=N–C) groups is 1. The first-order valence-electron chi connectivity index (χ1n) is 56.2. The third-order valence-electron chi connectivity index (χ3n) is 27.5. The molecule has 6 aromatic carbocycles. The number of imide groups is 4. The van der Waals surface area contributed by atoms with Crippen LogP contribution in [-0.2, 0) is 68.8 Å². The van der Waals surface area contributed by atoms with Crippen molar-refractivity contribution in [2.75, 3.05) is 32.7 Å². The Hall–Kier alpha value is -7.87. The van der Waals surface area contributed by atoms with Crippen molar-refractivity contribution in [1.82, 2.24) is 23.9 Å². The van der Waals surface area contributed by atoms with Gasteiger partial charge in [0.2, 0.25) is 0 Å². The van der Waals surface area contributed by atoms with Crippen molar-refractivity contribution in [2.45, 2.75) is 512 Å². The topological polar surface area (TPSA) is 145 Å². The maximum atomic E-state index is 13.3. The molecule has 0 atom stereocenters. The Morgan fingerprint density at radius 1 is 0.329 bits per heavy atom. The highest BCUT2D eigenvalue weighted by molar-refractivity contribution is 6.10. The van der Waals surface area contributed by atoms with Crippen molar-refractivity contribution >= 4 is 24.7 Å². The van der Waals surface area contributed by atoms with Gasteiger partial charge >= 0.3 is 35.0 Å². The highest BCUT2D eigenvalue weighted by Crippen LogP contribution is 2.39. The minimum absolute atomic E-state index is 0.0653. The number of carbonyl (C=O) groups excluding carboxylic acids is 3. The van der Waals surface area contributed by atoms with Gasteiger partial charge in [-0.1, -0.05) is 502 Å². The molecule has 0 radical (unpaired) electrons. The maximum Gasteiger partial charge on any atom is 0.447 e. The Morgan fingerprint density at radius 3 is 0.895 bits per heavy atom. The minimum atomic E-state index is -0.644. The van der Waals surface area contributed by atoms with Crippen LogP contribution in [0.5, 0.6) is 0 Å². The van der Waals surface area contributed by atoms with Crippen molar-refractivity contribution in [1.29, 1.82) is 0 Å². The van der Waals surface area contributed by atoms with Crippen LogP contribution in [0.3, 0.4) is 0 Å². The number of rotatable bonds is 43. The number of nitrogens with zero attached hydrogens (tertiary/aromatic N) is 6. The predicted molar refractivity (Wildman–Crippen MR) is 621 cm³/mol. The molecule has 13 nitrogen and oxygen atoms in total. The second-order valence-electron chi connectivity index (χ2n) is 53.8. The lowest BCUT2D eigenvalue weighted by molar-refractivity contribution is -0.725. The van der Waals surface area contributed by atoms with Crippen LogP contribution in [0, 0.1) is 28.6 Å². The van der Waals surface area contributed by atoms with Gasteiger partial charge < -0.3 is 10.3 Å². The molecule has 8 rings (SSSR count). The molecule has 143 heavy (non-hydrogen) atoms. The number of carbonyl (C=O) groups is 3. The van der Waals surface area contributed by atoms with Crippen LogP contribution in [0.15, 0.2) is 159 Å². The van der Waals surface area contributed by atoms with E-state index >= 15 is 0 Å². The highest BCUT2D eigenvalue weighted by atomic mass is 16.3. The summed E-state index contributed by atoms with van der Waals surface area (Å²) in [7, 11) is 0. The number of amides is 5. The smallest absolute Gasteiger partial charge is 0.305 e. The molecule has 13 heteroatoms. The Labute approximate surface area is 876 Å². The van der Waals surface area contributed by atoms with Crippen molar-refractivity contribution in [3.63, 3.8) is 0 Å². The fraction of sp³-hybridized carbons (Fsp3) is 0.669. The molecule has 0 aliphatic carbocycles. The average Bonchev–Trinajstić information content (AvgIpc) is 0.717. The van der Waals surface area contributed by atoms with Crippen LogP contribution in [0.1, 0.15) is 514 Å². The number of hydrogen-bond acceptors (Lipinski definition) is 8. The van der Waals surface area contributed by atoms with Crippen LogP contribution >= 0.6 is 0 Å². The predicted octanol–water partition coefficient (Wildman–Crippen LogP) is 35.1. The highest BCUT2D eigenvalue weighted by Gasteiger charge is 2.67. The average molecular weight is 1970 g/mol. The zero-order chi connectivity index (χ0) is 108. The second-order valence-corrected chi connectivity index (χ2v) is 53.8. The van der Waals surface area contributed by atoms with E-state index in [2.05, 4.69) is 413 Å². The maximum absolute atomic E-state index is 13.3. The summed E-state index contributed by atoms with van der Waals surface area (Å²) < 4.78 is 3.37. The molecular formula is C130H214N7O6+. The monoisotopic (exact) mass is 1970 g/mol. The fourth-order valence-corrected chi connectivity index (χ4v) is 18.0. The Bertz CT molecular complexity index is 4630. The molecule has 1 aliphatic heterocycles. The summed E-state index contributed by atoms with van der Waals surface area (Å²) in [6.45, 7) is 90.2. The fourth-order valence-electron chi connectivity index (χ4n) is 18.0. The van der Waals surface area contributed by atoms with E-state index in [1.54, 1.807) is 0 Å². The summed E-state index contributed by atoms with van der Waals surface area (Å²) in [5.41, 5.74) is 19.5. The standard InChI is InChI=1S/C33H63N3O3.C31H40.C27H51N4O3.C21H28.C15H24.C3H8/c1-31(2,3)22-16-10-13-19-25-34-28(37)35(26-20-14-11-17-23-32(4,5)6)30(39)36(29(34)38)27-21-15-12-18-24-33(7,8)9;1-29(2,3)25-16-10-22(11-17-25)28(23-12-18-26(19-13-23)30(4,5)6)24-14-20-27(21-15-24)31(7,8)9;1-6-7-8-9-10-16-21-30-25(33)31(26(30)34,22-17-12-14-19-28-5)24(32)23-29-20-15-11-13-18-27(2,3)4;1-20(2,3)18-11-7-16(8-12-18)15-17-9-13-19(14-10-17)21(4,5)6;1-11-8-9-12(14(2,3)4)10-13(11)15(5,6)7;1-3-2/h10-27H2,1-9H3;10-21,28H,1-9H3;29H,5-23H2,1-4H3;7-14H,15H2,1-6H3;8-10H,1-7H3;3H2,1-2H3/q;;+1;;;. The number of aromatic nitrogens is 3. The summed E-state index contributed by atoms with van der Waals surface area (Å²) in [4.78, 5) is 84.3. The van der Waals surface area contributed by atoms with Gasteiger partial charge in [-0.15, -0.1) is 0 Å². The first kappa shape index (κ1) is 129. The molecule has 0 spiro atoms. The van der Waals surface area contributed by atoms with E-state index in [0.717, 1.165) is 135 Å². The minimum Gasteiger partial charge on any atom is -0.305 e. The lowest BCUT2D eigenvalue weighted by Crippen LogP contribution is -2.79. The number of aryl methyl sites for hydroxylation is 1. The number of nitrogens with one attached hydrogen (secondary N) is 1. The molecule has 0 saturated carbocycles. The van der Waals surface area contributed by atoms with E-state index in [0.29, 0.717) is 60.8 Å². The molecule has 2 heterocycles. The van der Waals surface area contributed by atoms with Gasteiger partial charge in [0.1, 0.15) is 13.1 Å². The first-order chi connectivity index (χ1) is 66.2. The zero-order valence-electron chi connectivity index (χ0n) is 99.1. The van der Waals surface area contributed by atoms with Gasteiger partial charge in [0.05, 0.1) is 0 Å². The molecule has 0 bridgehead atoms. The van der Waals surface area contributed by atoms with Crippen LogP contribution in [0.25, 0.3) is 0 Å². The summed E-state index contributed by atoms with van der Waals surface area (Å²) in [6, 6.07) is 52.0. The number of unbranched alkanes of at least 4 members (excludes halogenated alkanes) is 18. The van der Waals surface area contributed by atoms with Gasteiger partial charge in [0.15, 0.2) is 0 Å². The van der Waals surface area contributed by atoms with Crippen LogP contribution < -0.4 is 22.4 Å². The SMILES string of the molecule is C=NCCCCC[N+]1(C(=O)CNCCCCCC(C)(C)C)C(=O)N(CCCCCCCC)C1=O.CC(C)(C)CCCCCCn1c(=O)n(CCCCCCC(C)(C)C)c(=O)n(CCCCCCC(C)(C)C)c1=O.CC(C)(C)c1ccc(C(c2ccc(C(C)(C)C)cc2)c2ccc(C(C)(C)C)cc2)cc1.CC(C)(C)c1ccc(Cc2ccc(C(C)(C)C)cc2)cc1.CCC.Cc1ccc(C(C)(C)C)cc1C(C)(C)C. The van der Waals surface area contributed by atoms with E-state index in [9.17, 15) is 28.8 Å². The lowest BCUT2D eigenvalue weighted by atomic mass is 9.79. The van der Waals surface area contributed by atoms with Crippen molar-refractivity contribution in [3.05, 3.63) is 243 Å². The van der Waals surface area contributed by atoms with Crippen LogP contribution in [-0.4, -0.2) is 80.5 Å². The Kier molecular flexibility index (Phi) is 54.2. The first-order valence-corrected chi connectivity index (χ1v) is 56.2. The summed E-state index contributed by atoms with van der Waals surface area (Å²) in [5, 5.41) is 3.18. The second kappa shape index (κ2) is 60.0. The number of urea groups is 2. The van der Waals surface area contributed by atoms with Gasteiger partial charge in [0, 0.05) is 38.6 Å². The molecule has 1 aromatic heterocycles. The molecule has 1 saturated heterocycles. The Balaban J connectivity index is 0.000000469. The quantitative estimate of drug-likeness (QED) is 0.0173. The van der Waals surface area contributed by atoms with Crippen molar-refractivity contribution < 1.29 is 18.9 Å². The molecule has 7 aromatic rings. The number of quaternary nitrogens is 1. The van der Waals surface area contributed by atoms with E-state index in [1.165, 1.54) is 149 Å². The number of benzene rings is 6. The Morgan fingerprint density at radius 2 is 0.601 bits per heavy atom. The third-order valence-corrected chi connectivity index (χ3v) is 27.5. The van der Waals surface area contributed by atoms with Crippen LogP contribution in [0.2, 0.25) is 0 Å².